The van der Waals surface area contributed by atoms with E-state index in [0.717, 1.165) is 23.9 Å². The number of nitrogens with one attached hydrogen (secondary N) is 2. The van der Waals surface area contributed by atoms with Crippen LogP contribution in [0.1, 0.15) is 22.3 Å². The van der Waals surface area contributed by atoms with Crippen LogP contribution in [0.3, 0.4) is 0 Å². The van der Waals surface area contributed by atoms with Crippen LogP contribution in [0, 0.1) is 5.82 Å². The van der Waals surface area contributed by atoms with E-state index in [9.17, 15) is 18.8 Å². The lowest BCUT2D eigenvalue weighted by Gasteiger charge is -2.14. The van der Waals surface area contributed by atoms with Gasteiger partial charge in [0, 0.05) is 23.6 Å². The highest BCUT2D eigenvalue weighted by atomic mass is 35.5. The van der Waals surface area contributed by atoms with Crippen molar-refractivity contribution in [1.82, 2.24) is 15.8 Å². The van der Waals surface area contributed by atoms with Gasteiger partial charge in [-0.25, -0.2) is 4.39 Å². The Morgan fingerprint density at radius 1 is 1.13 bits per heavy atom. The Morgan fingerprint density at radius 3 is 2.53 bits per heavy atom. The standard InChI is InChI=1S/C20H15ClFN3O3S2/c21-15-4-2-1-3-13(15)11-16-19(28)25(20(29)30-16)10-9-17(26)23-24-18(27)12-5-7-14(22)8-6-12/h1-8,11H,9-10H2,(H,23,26)(H,24,27). The van der Waals surface area contributed by atoms with Gasteiger partial charge in [0.2, 0.25) is 5.91 Å². The molecule has 1 fully saturated rings. The molecule has 2 aromatic rings. The van der Waals surface area contributed by atoms with Crippen LogP contribution < -0.4 is 10.9 Å². The van der Waals surface area contributed by atoms with E-state index in [1.807, 2.05) is 6.07 Å². The summed E-state index contributed by atoms with van der Waals surface area (Å²) < 4.78 is 13.2. The smallest absolute Gasteiger partial charge is 0.269 e. The zero-order valence-electron chi connectivity index (χ0n) is 15.4. The summed E-state index contributed by atoms with van der Waals surface area (Å²) in [5.74, 6) is -1.87. The number of carbonyl (C=O) groups excluding carboxylic acids is 3. The molecule has 10 heteroatoms. The van der Waals surface area contributed by atoms with Gasteiger partial charge in [-0.15, -0.1) is 0 Å². The first kappa shape index (κ1) is 21.9. The zero-order chi connectivity index (χ0) is 21.7. The monoisotopic (exact) mass is 463 g/mol. The van der Waals surface area contributed by atoms with Crippen LogP contribution in [-0.4, -0.2) is 33.5 Å². The van der Waals surface area contributed by atoms with Crippen LogP contribution in [0.15, 0.2) is 53.4 Å². The topological polar surface area (TPSA) is 78.5 Å². The summed E-state index contributed by atoms with van der Waals surface area (Å²) in [6, 6.07) is 12.0. The van der Waals surface area contributed by atoms with Crippen molar-refractivity contribution in [3.05, 3.63) is 75.4 Å². The molecular formula is C20H15ClFN3O3S2. The second kappa shape index (κ2) is 9.84. The largest absolute Gasteiger partial charge is 0.292 e. The third-order valence-electron chi connectivity index (χ3n) is 4.05. The molecule has 0 aromatic heterocycles. The van der Waals surface area contributed by atoms with E-state index in [1.165, 1.54) is 17.0 Å². The lowest BCUT2D eigenvalue weighted by Crippen LogP contribution is -2.43. The fraction of sp³-hybridized carbons (Fsp3) is 0.100. The number of hydrogen-bond donors (Lipinski definition) is 2. The number of hydrazine groups is 1. The summed E-state index contributed by atoms with van der Waals surface area (Å²) >= 11 is 12.5. The minimum atomic E-state index is -0.586. The number of carbonyl (C=O) groups is 3. The second-order valence-electron chi connectivity index (χ2n) is 6.11. The number of amides is 3. The average molecular weight is 464 g/mol. The Kier molecular flexibility index (Phi) is 7.20. The van der Waals surface area contributed by atoms with Crippen LogP contribution in [0.4, 0.5) is 4.39 Å². The van der Waals surface area contributed by atoms with Gasteiger partial charge in [-0.1, -0.05) is 53.8 Å². The minimum Gasteiger partial charge on any atom is -0.292 e. The lowest BCUT2D eigenvalue weighted by molar-refractivity contribution is -0.124. The third-order valence-corrected chi connectivity index (χ3v) is 5.77. The highest BCUT2D eigenvalue weighted by Crippen LogP contribution is 2.33. The quantitative estimate of drug-likeness (QED) is 0.403. The van der Waals surface area contributed by atoms with Crippen molar-refractivity contribution in [2.45, 2.75) is 6.42 Å². The predicted octanol–water partition coefficient (Wildman–Crippen LogP) is 3.53. The molecule has 1 aliphatic rings. The van der Waals surface area contributed by atoms with Crippen molar-refractivity contribution < 1.29 is 18.8 Å². The van der Waals surface area contributed by atoms with E-state index >= 15 is 0 Å². The summed E-state index contributed by atoms with van der Waals surface area (Å²) in [6.45, 7) is 0.0583. The highest BCUT2D eigenvalue weighted by molar-refractivity contribution is 8.26. The molecule has 1 aliphatic heterocycles. The van der Waals surface area contributed by atoms with E-state index in [-0.39, 0.29) is 24.4 Å². The number of thioether (sulfide) groups is 1. The summed E-state index contributed by atoms with van der Waals surface area (Å²) in [5.41, 5.74) is 5.38. The summed E-state index contributed by atoms with van der Waals surface area (Å²) in [4.78, 5) is 38.3. The predicted molar refractivity (Wildman–Crippen MR) is 118 cm³/mol. The number of rotatable bonds is 5. The van der Waals surface area contributed by atoms with Gasteiger partial charge in [0.1, 0.15) is 10.1 Å². The molecule has 6 nitrogen and oxygen atoms in total. The zero-order valence-corrected chi connectivity index (χ0v) is 17.7. The molecule has 154 valence electrons. The molecule has 1 heterocycles. The van der Waals surface area contributed by atoms with Gasteiger partial charge in [-0.3, -0.25) is 30.1 Å². The first-order valence-corrected chi connectivity index (χ1v) is 10.3. The van der Waals surface area contributed by atoms with Crippen LogP contribution in [0.5, 0.6) is 0 Å². The molecule has 0 radical (unpaired) electrons. The van der Waals surface area contributed by atoms with Gasteiger partial charge in [-0.05, 0) is 42.0 Å². The molecule has 3 rings (SSSR count). The van der Waals surface area contributed by atoms with Gasteiger partial charge in [0.15, 0.2) is 0 Å². The fourth-order valence-electron chi connectivity index (χ4n) is 2.50. The number of thiocarbonyl (C=S) groups is 1. The Labute approximate surface area is 186 Å². The third kappa shape index (κ3) is 5.44. The average Bonchev–Trinajstić information content (AvgIpc) is 2.99. The Hall–Kier alpha value is -2.75. The lowest BCUT2D eigenvalue weighted by atomic mass is 10.2. The molecule has 2 N–H and O–H groups in total. The van der Waals surface area contributed by atoms with E-state index in [1.54, 1.807) is 24.3 Å². The van der Waals surface area contributed by atoms with E-state index in [4.69, 9.17) is 23.8 Å². The van der Waals surface area contributed by atoms with Gasteiger partial charge in [0.25, 0.3) is 11.8 Å². The molecule has 30 heavy (non-hydrogen) atoms. The number of nitrogens with zero attached hydrogens (tertiary/aromatic N) is 1. The second-order valence-corrected chi connectivity index (χ2v) is 8.20. The Balaban J connectivity index is 1.52. The Morgan fingerprint density at radius 2 is 1.83 bits per heavy atom. The van der Waals surface area contributed by atoms with Crippen molar-refractivity contribution in [3.8, 4) is 0 Å². The van der Waals surface area contributed by atoms with Gasteiger partial charge in [0.05, 0.1) is 4.91 Å². The number of halogens is 2. The molecule has 2 aromatic carbocycles. The van der Waals surface area contributed by atoms with Crippen LogP contribution in [0.2, 0.25) is 5.02 Å². The maximum atomic E-state index is 12.9. The summed E-state index contributed by atoms with van der Waals surface area (Å²) in [7, 11) is 0. The van der Waals surface area contributed by atoms with Crippen molar-refractivity contribution in [3.63, 3.8) is 0 Å². The van der Waals surface area contributed by atoms with Crippen molar-refractivity contribution in [1.29, 1.82) is 0 Å². The van der Waals surface area contributed by atoms with Gasteiger partial charge < -0.3 is 0 Å². The van der Waals surface area contributed by atoms with Crippen LogP contribution >= 0.6 is 35.6 Å². The number of hydrogen-bond acceptors (Lipinski definition) is 5. The SMILES string of the molecule is O=C(CCN1C(=O)C(=Cc2ccccc2Cl)SC1=S)NNC(=O)c1ccc(F)cc1. The van der Waals surface area contributed by atoms with E-state index in [0.29, 0.717) is 19.8 Å². The van der Waals surface area contributed by atoms with Crippen LogP contribution in [-0.2, 0) is 9.59 Å². The normalized spacial score (nSPS) is 14.9. The van der Waals surface area contributed by atoms with E-state index in [2.05, 4.69) is 10.9 Å². The van der Waals surface area contributed by atoms with Crippen molar-refractivity contribution in [2.75, 3.05) is 6.54 Å². The van der Waals surface area contributed by atoms with Gasteiger partial charge >= 0.3 is 0 Å². The molecule has 1 saturated heterocycles. The molecule has 0 spiro atoms. The maximum Gasteiger partial charge on any atom is 0.269 e. The molecular weight excluding hydrogens is 449 g/mol. The molecule has 0 bridgehead atoms. The molecule has 3 amide bonds. The molecule has 0 saturated carbocycles. The first-order chi connectivity index (χ1) is 14.3. The van der Waals surface area contributed by atoms with Crippen LogP contribution in [0.25, 0.3) is 6.08 Å². The minimum absolute atomic E-state index is 0.0583. The summed E-state index contributed by atoms with van der Waals surface area (Å²) in [5, 5.41) is 0.513. The first-order valence-electron chi connectivity index (χ1n) is 8.70. The highest BCUT2D eigenvalue weighted by Gasteiger charge is 2.32. The number of benzene rings is 2. The van der Waals surface area contributed by atoms with Gasteiger partial charge in [-0.2, -0.15) is 0 Å². The maximum absolute atomic E-state index is 12.9. The van der Waals surface area contributed by atoms with Crippen molar-refractivity contribution in [2.24, 2.45) is 0 Å². The molecule has 0 unspecified atom stereocenters. The fourth-order valence-corrected chi connectivity index (χ4v) is 3.99. The van der Waals surface area contributed by atoms with E-state index < -0.39 is 17.6 Å². The molecule has 0 atom stereocenters. The Bertz CT molecular complexity index is 1040. The summed E-state index contributed by atoms with van der Waals surface area (Å²) in [6.07, 6.45) is 1.58. The molecule has 0 aliphatic carbocycles. The van der Waals surface area contributed by atoms with Crippen molar-refractivity contribution >= 4 is 63.7 Å².